The molecule has 0 saturated carbocycles. The lowest BCUT2D eigenvalue weighted by molar-refractivity contribution is 0.172. The first-order chi connectivity index (χ1) is 5.31. The number of carbonyl (C=O) groups is 1. The third kappa shape index (κ3) is 7.72. The molecule has 0 rings (SSSR count). The predicted molar refractivity (Wildman–Crippen MR) is 48.7 cm³/mol. The van der Waals surface area contributed by atoms with Gasteiger partial charge in [-0.3, -0.25) is 0 Å². The van der Waals surface area contributed by atoms with E-state index in [4.69, 9.17) is 4.74 Å². The summed E-state index contributed by atoms with van der Waals surface area (Å²) < 4.78 is 4.84. The van der Waals surface area contributed by atoms with Crippen molar-refractivity contribution in [1.29, 1.82) is 0 Å². The molecule has 0 aliphatic carbocycles. The van der Waals surface area contributed by atoms with Crippen LogP contribution in [-0.2, 0) is 4.74 Å². The molecule has 0 aliphatic rings. The maximum Gasteiger partial charge on any atom is 0.367 e. The molecule has 3 heteroatoms. The van der Waals surface area contributed by atoms with Gasteiger partial charge in [0.15, 0.2) is 0 Å². The molecular weight excluding hydrogens is 160 g/mol. The van der Waals surface area contributed by atoms with Crippen molar-refractivity contribution in [2.24, 2.45) is 0 Å². The van der Waals surface area contributed by atoms with Gasteiger partial charge in [0.05, 0.1) is 6.61 Å². The van der Waals surface area contributed by atoms with Crippen molar-refractivity contribution in [3.05, 3.63) is 6.92 Å². The summed E-state index contributed by atoms with van der Waals surface area (Å²) in [7, 11) is 0. The minimum Gasteiger partial charge on any atom is -0.458 e. The maximum atomic E-state index is 10.6. The molecule has 0 N–H and O–H groups in total. The molecule has 0 aliphatic heterocycles. The van der Waals surface area contributed by atoms with Crippen LogP contribution in [0.5, 0.6) is 0 Å². The van der Waals surface area contributed by atoms with Crippen LogP contribution in [0.3, 0.4) is 0 Å². The monoisotopic (exact) mass is 175 g/mol. The maximum absolute atomic E-state index is 10.6. The lowest BCUT2D eigenvalue weighted by Crippen LogP contribution is -1.98. The lowest BCUT2D eigenvalue weighted by Gasteiger charge is -2.00. The standard InChI is InChI=1S/C8H15O2S/c1-3-4-5-6-7-10-8(9)11-2/h1,3-7H2,2H3. The van der Waals surface area contributed by atoms with Gasteiger partial charge in [-0.15, -0.1) is 0 Å². The van der Waals surface area contributed by atoms with Crippen LogP contribution < -0.4 is 0 Å². The predicted octanol–water partition coefficient (Wildman–Crippen LogP) is 2.88. The van der Waals surface area contributed by atoms with Gasteiger partial charge < -0.3 is 4.74 Å². The van der Waals surface area contributed by atoms with Gasteiger partial charge in [-0.25, -0.2) is 4.79 Å². The molecule has 11 heavy (non-hydrogen) atoms. The third-order valence-corrected chi connectivity index (χ3v) is 1.73. The summed E-state index contributed by atoms with van der Waals surface area (Å²) in [6.45, 7) is 4.28. The van der Waals surface area contributed by atoms with E-state index in [-0.39, 0.29) is 5.30 Å². The van der Waals surface area contributed by atoms with E-state index in [1.807, 2.05) is 0 Å². The molecule has 1 radical (unpaired) electrons. The smallest absolute Gasteiger partial charge is 0.367 e. The fourth-order valence-corrected chi connectivity index (χ4v) is 0.871. The van der Waals surface area contributed by atoms with E-state index < -0.39 is 0 Å². The van der Waals surface area contributed by atoms with Crippen molar-refractivity contribution >= 4 is 17.1 Å². The molecular formula is C8H15O2S. The second kappa shape index (κ2) is 7.92. The van der Waals surface area contributed by atoms with Crippen molar-refractivity contribution < 1.29 is 9.53 Å². The molecule has 0 saturated heterocycles. The van der Waals surface area contributed by atoms with Crippen LogP contribution in [0, 0.1) is 6.92 Å². The summed E-state index contributed by atoms with van der Waals surface area (Å²) in [5, 5.41) is -0.181. The highest BCUT2D eigenvalue weighted by Gasteiger charge is 1.96. The highest BCUT2D eigenvalue weighted by atomic mass is 32.2. The van der Waals surface area contributed by atoms with Gasteiger partial charge in [-0.1, -0.05) is 26.2 Å². The van der Waals surface area contributed by atoms with Crippen LogP contribution in [0.4, 0.5) is 4.79 Å². The van der Waals surface area contributed by atoms with Gasteiger partial charge >= 0.3 is 5.30 Å². The molecule has 0 spiro atoms. The van der Waals surface area contributed by atoms with Crippen LogP contribution in [0.15, 0.2) is 0 Å². The van der Waals surface area contributed by atoms with Crippen LogP contribution in [0.25, 0.3) is 0 Å². The van der Waals surface area contributed by atoms with Crippen LogP contribution in [0.1, 0.15) is 25.7 Å². The van der Waals surface area contributed by atoms with E-state index >= 15 is 0 Å². The minimum absolute atomic E-state index is 0.181. The Kier molecular flexibility index (Phi) is 7.79. The number of unbranched alkanes of at least 4 members (excludes halogenated alkanes) is 3. The van der Waals surface area contributed by atoms with E-state index in [0.29, 0.717) is 6.61 Å². The van der Waals surface area contributed by atoms with Crippen molar-refractivity contribution in [3.8, 4) is 0 Å². The highest BCUT2D eigenvalue weighted by Crippen LogP contribution is 2.02. The fraction of sp³-hybridized carbons (Fsp3) is 0.750. The van der Waals surface area contributed by atoms with Gasteiger partial charge in [0.2, 0.25) is 0 Å². The Labute approximate surface area is 72.7 Å². The van der Waals surface area contributed by atoms with E-state index in [1.165, 1.54) is 0 Å². The normalized spacial score (nSPS) is 9.64. The zero-order valence-corrected chi connectivity index (χ0v) is 7.78. The first kappa shape index (κ1) is 10.8. The molecule has 0 aromatic rings. The largest absolute Gasteiger partial charge is 0.458 e. The van der Waals surface area contributed by atoms with E-state index in [0.717, 1.165) is 37.4 Å². The van der Waals surface area contributed by atoms with Gasteiger partial charge in [0.1, 0.15) is 0 Å². The van der Waals surface area contributed by atoms with Gasteiger partial charge in [-0.2, -0.15) is 0 Å². The van der Waals surface area contributed by atoms with Crippen molar-refractivity contribution in [3.63, 3.8) is 0 Å². The summed E-state index contributed by atoms with van der Waals surface area (Å²) in [6, 6.07) is 0. The Morgan fingerprint density at radius 3 is 2.73 bits per heavy atom. The quantitative estimate of drug-likeness (QED) is 0.474. The first-order valence-electron chi connectivity index (χ1n) is 3.81. The Bertz CT molecular complexity index is 104. The summed E-state index contributed by atoms with van der Waals surface area (Å²) in [6.07, 6.45) is 5.87. The van der Waals surface area contributed by atoms with Gasteiger partial charge in [-0.05, 0) is 24.4 Å². The average molecular weight is 175 g/mol. The number of hydrogen-bond acceptors (Lipinski definition) is 3. The summed E-state index contributed by atoms with van der Waals surface area (Å²) in [5.41, 5.74) is 0. The lowest BCUT2D eigenvalue weighted by atomic mass is 10.2. The number of rotatable bonds is 5. The summed E-state index contributed by atoms with van der Waals surface area (Å²) in [5.74, 6) is 0. The zero-order chi connectivity index (χ0) is 8.53. The van der Waals surface area contributed by atoms with Crippen LogP contribution in [0.2, 0.25) is 0 Å². The Balaban J connectivity index is 2.95. The zero-order valence-electron chi connectivity index (χ0n) is 6.97. The molecule has 0 unspecified atom stereocenters. The van der Waals surface area contributed by atoms with Crippen molar-refractivity contribution in [2.45, 2.75) is 25.7 Å². The number of ether oxygens (including phenoxy) is 1. The molecule has 0 fully saturated rings. The average Bonchev–Trinajstić information content (AvgIpc) is 2.04. The van der Waals surface area contributed by atoms with Crippen LogP contribution >= 0.6 is 11.8 Å². The van der Waals surface area contributed by atoms with Crippen LogP contribution in [-0.4, -0.2) is 18.2 Å². The van der Waals surface area contributed by atoms with Crippen molar-refractivity contribution in [1.82, 2.24) is 0 Å². The Hall–Kier alpha value is -0.180. The Morgan fingerprint density at radius 1 is 1.45 bits per heavy atom. The Morgan fingerprint density at radius 2 is 2.18 bits per heavy atom. The topological polar surface area (TPSA) is 26.3 Å². The molecule has 0 bridgehead atoms. The molecule has 0 atom stereocenters. The van der Waals surface area contributed by atoms with Gasteiger partial charge in [0, 0.05) is 0 Å². The number of carbonyl (C=O) groups excluding carboxylic acids is 1. The third-order valence-electron chi connectivity index (χ3n) is 1.28. The second-order valence-corrected chi connectivity index (χ2v) is 2.96. The molecule has 0 heterocycles. The molecule has 65 valence electrons. The summed E-state index contributed by atoms with van der Waals surface area (Å²) in [4.78, 5) is 10.6. The fourth-order valence-electron chi connectivity index (χ4n) is 0.670. The molecule has 0 aromatic carbocycles. The first-order valence-corrected chi connectivity index (χ1v) is 5.03. The van der Waals surface area contributed by atoms with Gasteiger partial charge in [0.25, 0.3) is 0 Å². The summed E-state index contributed by atoms with van der Waals surface area (Å²) >= 11 is 1.12. The number of hydrogen-bond donors (Lipinski definition) is 0. The second-order valence-electron chi connectivity index (χ2n) is 2.22. The molecule has 2 nitrogen and oxygen atoms in total. The highest BCUT2D eigenvalue weighted by molar-refractivity contribution is 8.12. The van der Waals surface area contributed by atoms with E-state index in [2.05, 4.69) is 6.92 Å². The van der Waals surface area contributed by atoms with E-state index in [1.54, 1.807) is 6.26 Å². The van der Waals surface area contributed by atoms with Crippen molar-refractivity contribution in [2.75, 3.05) is 12.9 Å². The molecule has 0 aromatic heterocycles. The van der Waals surface area contributed by atoms with E-state index in [9.17, 15) is 4.79 Å². The minimum atomic E-state index is -0.181. The molecule has 0 amide bonds. The number of thioether (sulfide) groups is 1. The SMILES string of the molecule is [CH2]CCCCCOC(=O)SC.